The number of hydrogen-bond acceptors (Lipinski definition) is 4. The number of carbonyl (C=O) groups excluding carboxylic acids is 3. The molecule has 0 aromatic heterocycles. The van der Waals surface area contributed by atoms with Crippen molar-refractivity contribution in [3.8, 4) is 0 Å². The molecule has 2 N–H and O–H groups in total. The lowest BCUT2D eigenvalue weighted by atomic mass is 9.78. The van der Waals surface area contributed by atoms with E-state index in [2.05, 4.69) is 5.32 Å². The molecular weight excluding hydrogens is 344 g/mol. The molecule has 1 fully saturated rings. The lowest BCUT2D eigenvalue weighted by molar-refractivity contribution is -0.128. The Kier molecular flexibility index (Phi) is 6.61. The molecule has 3 amide bonds. The highest BCUT2D eigenvalue weighted by molar-refractivity contribution is 6.21. The standard InChI is InChI=1S/C21H28N2O4/c24-13-7-1-6-12-22-19(25)16-9-3-2-8-15(16)14-23-20(26)17-10-4-5-11-18(17)21(23)27/h4-5,10-11,15-16,24H,1-3,6-9,12-14H2,(H,22,25). The summed E-state index contributed by atoms with van der Waals surface area (Å²) in [6, 6.07) is 6.91. The number of aliphatic hydroxyl groups excluding tert-OH is 1. The molecule has 0 radical (unpaired) electrons. The Labute approximate surface area is 159 Å². The number of hydrogen-bond donors (Lipinski definition) is 2. The van der Waals surface area contributed by atoms with Gasteiger partial charge in [-0.05, 0) is 50.2 Å². The zero-order valence-corrected chi connectivity index (χ0v) is 15.7. The van der Waals surface area contributed by atoms with Crippen molar-refractivity contribution in [2.45, 2.75) is 44.9 Å². The first-order chi connectivity index (χ1) is 13.1. The van der Waals surface area contributed by atoms with Crippen LogP contribution in [0.15, 0.2) is 24.3 Å². The summed E-state index contributed by atoms with van der Waals surface area (Å²) >= 11 is 0. The summed E-state index contributed by atoms with van der Waals surface area (Å²) in [5, 5.41) is 11.8. The number of unbranched alkanes of at least 4 members (excludes halogenated alkanes) is 2. The third-order valence-corrected chi connectivity index (χ3v) is 5.68. The predicted molar refractivity (Wildman–Crippen MR) is 101 cm³/mol. The summed E-state index contributed by atoms with van der Waals surface area (Å²) in [5.41, 5.74) is 0.923. The van der Waals surface area contributed by atoms with E-state index >= 15 is 0 Å². The van der Waals surface area contributed by atoms with E-state index in [4.69, 9.17) is 5.11 Å². The van der Waals surface area contributed by atoms with Crippen LogP contribution >= 0.6 is 0 Å². The summed E-state index contributed by atoms with van der Waals surface area (Å²) in [5.74, 6) is -0.603. The van der Waals surface area contributed by atoms with Gasteiger partial charge in [0.1, 0.15) is 0 Å². The molecule has 6 heteroatoms. The number of rotatable bonds is 8. The Hall–Kier alpha value is -2.21. The third kappa shape index (κ3) is 4.38. The zero-order chi connectivity index (χ0) is 19.2. The van der Waals surface area contributed by atoms with Gasteiger partial charge in [-0.1, -0.05) is 25.0 Å². The molecule has 3 rings (SSSR count). The van der Waals surface area contributed by atoms with Crippen LogP contribution in [0.25, 0.3) is 0 Å². The molecule has 0 bridgehead atoms. The number of nitrogens with zero attached hydrogens (tertiary/aromatic N) is 1. The highest BCUT2D eigenvalue weighted by atomic mass is 16.3. The van der Waals surface area contributed by atoms with Crippen molar-refractivity contribution in [2.75, 3.05) is 19.7 Å². The number of fused-ring (bicyclic) bond motifs is 1. The van der Waals surface area contributed by atoms with Crippen LogP contribution in [-0.2, 0) is 4.79 Å². The van der Waals surface area contributed by atoms with Crippen molar-refractivity contribution in [3.63, 3.8) is 0 Å². The van der Waals surface area contributed by atoms with Crippen molar-refractivity contribution in [1.82, 2.24) is 10.2 Å². The normalized spacial score (nSPS) is 22.0. The highest BCUT2D eigenvalue weighted by Crippen LogP contribution is 2.33. The smallest absolute Gasteiger partial charge is 0.261 e. The second-order valence-corrected chi connectivity index (χ2v) is 7.49. The average Bonchev–Trinajstić information content (AvgIpc) is 2.93. The van der Waals surface area contributed by atoms with E-state index in [0.29, 0.717) is 24.2 Å². The fourth-order valence-corrected chi connectivity index (χ4v) is 4.17. The summed E-state index contributed by atoms with van der Waals surface area (Å²) < 4.78 is 0. The third-order valence-electron chi connectivity index (χ3n) is 5.68. The summed E-state index contributed by atoms with van der Waals surface area (Å²) in [7, 11) is 0. The predicted octanol–water partition coefficient (Wildman–Crippen LogP) is 2.37. The number of aliphatic hydroxyl groups is 1. The monoisotopic (exact) mass is 372 g/mol. The van der Waals surface area contributed by atoms with Gasteiger partial charge in [-0.25, -0.2) is 0 Å². The van der Waals surface area contributed by atoms with E-state index in [1.807, 2.05) is 0 Å². The Balaban J connectivity index is 1.60. The first kappa shape index (κ1) is 19.5. The SMILES string of the molecule is O=C(NCCCCCO)C1CCCCC1CN1C(=O)c2ccccc2C1=O. The zero-order valence-electron chi connectivity index (χ0n) is 15.7. The minimum absolute atomic E-state index is 0.0124. The molecule has 0 spiro atoms. The van der Waals surface area contributed by atoms with Gasteiger partial charge in [0.15, 0.2) is 0 Å². The average molecular weight is 372 g/mol. The Morgan fingerprint density at radius 1 is 1.04 bits per heavy atom. The van der Waals surface area contributed by atoms with Crippen LogP contribution < -0.4 is 5.32 Å². The van der Waals surface area contributed by atoms with Crippen LogP contribution in [0.3, 0.4) is 0 Å². The molecule has 0 saturated heterocycles. The number of benzene rings is 1. The van der Waals surface area contributed by atoms with Gasteiger partial charge >= 0.3 is 0 Å². The van der Waals surface area contributed by atoms with Gasteiger partial charge in [-0.3, -0.25) is 19.3 Å². The van der Waals surface area contributed by atoms with Crippen LogP contribution in [0.4, 0.5) is 0 Å². The van der Waals surface area contributed by atoms with Crippen molar-refractivity contribution in [3.05, 3.63) is 35.4 Å². The quantitative estimate of drug-likeness (QED) is 0.542. The Bertz CT molecular complexity index is 668. The molecule has 1 heterocycles. The number of amides is 3. The fraction of sp³-hybridized carbons (Fsp3) is 0.571. The van der Waals surface area contributed by atoms with Crippen LogP contribution in [0.1, 0.15) is 65.7 Å². The highest BCUT2D eigenvalue weighted by Gasteiger charge is 2.39. The fourth-order valence-electron chi connectivity index (χ4n) is 4.17. The van der Waals surface area contributed by atoms with Gasteiger partial charge in [0.25, 0.3) is 11.8 Å². The molecule has 2 atom stereocenters. The van der Waals surface area contributed by atoms with Gasteiger partial charge in [0, 0.05) is 25.6 Å². The van der Waals surface area contributed by atoms with Gasteiger partial charge in [0.2, 0.25) is 5.91 Å². The summed E-state index contributed by atoms with van der Waals surface area (Å²) in [6.07, 6.45) is 6.17. The molecule has 2 unspecified atom stereocenters. The molecule has 1 aromatic carbocycles. The lowest BCUT2D eigenvalue weighted by Gasteiger charge is -2.32. The van der Waals surface area contributed by atoms with Gasteiger partial charge in [-0.15, -0.1) is 0 Å². The van der Waals surface area contributed by atoms with E-state index in [-0.39, 0.29) is 36.2 Å². The minimum Gasteiger partial charge on any atom is -0.396 e. The molecule has 2 aliphatic rings. The van der Waals surface area contributed by atoms with Crippen LogP contribution in [-0.4, -0.2) is 47.4 Å². The second-order valence-electron chi connectivity index (χ2n) is 7.49. The first-order valence-electron chi connectivity index (χ1n) is 9.97. The number of carbonyl (C=O) groups is 3. The van der Waals surface area contributed by atoms with E-state index in [1.54, 1.807) is 24.3 Å². The topological polar surface area (TPSA) is 86.7 Å². The Morgan fingerprint density at radius 3 is 2.37 bits per heavy atom. The summed E-state index contributed by atoms with van der Waals surface area (Å²) in [4.78, 5) is 39.2. The van der Waals surface area contributed by atoms with Crippen molar-refractivity contribution >= 4 is 17.7 Å². The molecular formula is C21H28N2O4. The first-order valence-corrected chi connectivity index (χ1v) is 9.97. The molecule has 1 aliphatic carbocycles. The van der Waals surface area contributed by atoms with Gasteiger partial charge < -0.3 is 10.4 Å². The van der Waals surface area contributed by atoms with E-state index in [9.17, 15) is 14.4 Å². The maximum Gasteiger partial charge on any atom is 0.261 e. The number of imide groups is 1. The number of nitrogens with one attached hydrogen (secondary N) is 1. The van der Waals surface area contributed by atoms with Gasteiger partial charge in [0.05, 0.1) is 11.1 Å². The Morgan fingerprint density at radius 2 is 1.70 bits per heavy atom. The largest absolute Gasteiger partial charge is 0.396 e. The van der Waals surface area contributed by atoms with Crippen molar-refractivity contribution in [1.29, 1.82) is 0 Å². The lowest BCUT2D eigenvalue weighted by Crippen LogP contribution is -2.43. The molecule has 6 nitrogen and oxygen atoms in total. The van der Waals surface area contributed by atoms with Crippen LogP contribution in [0.2, 0.25) is 0 Å². The molecule has 1 aromatic rings. The summed E-state index contributed by atoms with van der Waals surface area (Å²) in [6.45, 7) is 1.10. The maximum absolute atomic E-state index is 12.6. The molecule has 27 heavy (non-hydrogen) atoms. The second kappa shape index (κ2) is 9.13. The molecule has 1 saturated carbocycles. The minimum atomic E-state index is -0.246. The van der Waals surface area contributed by atoms with Crippen molar-refractivity contribution < 1.29 is 19.5 Å². The molecule has 1 aliphatic heterocycles. The van der Waals surface area contributed by atoms with E-state index < -0.39 is 0 Å². The van der Waals surface area contributed by atoms with Crippen molar-refractivity contribution in [2.24, 2.45) is 11.8 Å². The van der Waals surface area contributed by atoms with Gasteiger partial charge in [-0.2, -0.15) is 0 Å². The van der Waals surface area contributed by atoms with Crippen LogP contribution in [0, 0.1) is 11.8 Å². The molecule has 146 valence electrons. The van der Waals surface area contributed by atoms with E-state index in [0.717, 1.165) is 44.9 Å². The maximum atomic E-state index is 12.6. The van der Waals surface area contributed by atoms with E-state index in [1.165, 1.54) is 4.90 Å². The van der Waals surface area contributed by atoms with Crippen LogP contribution in [0.5, 0.6) is 0 Å².